The Kier molecular flexibility index (Phi) is 4.24. The summed E-state index contributed by atoms with van der Waals surface area (Å²) in [4.78, 5) is 0. The molecule has 92 valence electrons. The lowest BCUT2D eigenvalue weighted by atomic mass is 10.2. The fourth-order valence-corrected chi connectivity index (χ4v) is 2.37. The molecule has 18 heavy (non-hydrogen) atoms. The molecule has 0 spiro atoms. The number of aryl methyl sites for hydroxylation is 1. The summed E-state index contributed by atoms with van der Waals surface area (Å²) in [6, 6.07) is 7.92. The molecule has 2 rings (SSSR count). The van der Waals surface area contributed by atoms with Crippen LogP contribution in [0.1, 0.15) is 12.0 Å². The molecule has 0 aliphatic rings. The summed E-state index contributed by atoms with van der Waals surface area (Å²) in [5, 5.41) is 17.9. The van der Waals surface area contributed by atoms with E-state index in [0.717, 1.165) is 16.4 Å². The SMILES string of the molecule is Cc1ccc(-n2cnnc2SCCC#N)cc1Cl. The average Bonchev–Trinajstić information content (AvgIpc) is 2.81. The molecule has 6 heteroatoms. The first-order valence-electron chi connectivity index (χ1n) is 5.38. The third-order valence-corrected chi connectivity index (χ3v) is 3.75. The minimum Gasteiger partial charge on any atom is -0.277 e. The van der Waals surface area contributed by atoms with Crippen molar-refractivity contribution >= 4 is 23.4 Å². The van der Waals surface area contributed by atoms with Gasteiger partial charge >= 0.3 is 0 Å². The Hall–Kier alpha value is -1.51. The number of halogens is 1. The molecule has 1 aromatic carbocycles. The maximum atomic E-state index is 8.52. The van der Waals surface area contributed by atoms with Crippen LogP contribution in [0.4, 0.5) is 0 Å². The smallest absolute Gasteiger partial charge is 0.195 e. The molecule has 0 fully saturated rings. The number of thioether (sulfide) groups is 1. The van der Waals surface area contributed by atoms with Gasteiger partial charge in [-0.05, 0) is 24.6 Å². The van der Waals surface area contributed by atoms with Gasteiger partial charge in [0.15, 0.2) is 5.16 Å². The van der Waals surface area contributed by atoms with Crippen LogP contribution in [0.15, 0.2) is 29.7 Å². The largest absolute Gasteiger partial charge is 0.277 e. The van der Waals surface area contributed by atoms with Crippen LogP contribution in [-0.4, -0.2) is 20.5 Å². The molecule has 0 radical (unpaired) electrons. The van der Waals surface area contributed by atoms with Crippen molar-refractivity contribution in [2.75, 3.05) is 5.75 Å². The Morgan fingerprint density at radius 1 is 1.50 bits per heavy atom. The zero-order valence-electron chi connectivity index (χ0n) is 9.80. The van der Waals surface area contributed by atoms with Crippen molar-refractivity contribution in [2.24, 2.45) is 0 Å². The maximum Gasteiger partial charge on any atom is 0.195 e. The van der Waals surface area contributed by atoms with Gasteiger partial charge in [0.2, 0.25) is 0 Å². The molecule has 0 unspecified atom stereocenters. The van der Waals surface area contributed by atoms with Crippen molar-refractivity contribution in [3.8, 4) is 11.8 Å². The molecule has 4 nitrogen and oxygen atoms in total. The Balaban J connectivity index is 2.25. The quantitative estimate of drug-likeness (QED) is 0.636. The predicted molar refractivity (Wildman–Crippen MR) is 72.1 cm³/mol. The van der Waals surface area contributed by atoms with Crippen LogP contribution in [0.3, 0.4) is 0 Å². The number of benzene rings is 1. The molecule has 0 bridgehead atoms. The van der Waals surface area contributed by atoms with Crippen molar-refractivity contribution in [1.29, 1.82) is 5.26 Å². The van der Waals surface area contributed by atoms with E-state index in [1.807, 2.05) is 29.7 Å². The highest BCUT2D eigenvalue weighted by Gasteiger charge is 2.07. The van der Waals surface area contributed by atoms with E-state index in [0.29, 0.717) is 17.2 Å². The van der Waals surface area contributed by atoms with Crippen LogP contribution in [0.2, 0.25) is 5.02 Å². The first-order valence-corrected chi connectivity index (χ1v) is 6.75. The second-order valence-electron chi connectivity index (χ2n) is 3.67. The second-order valence-corrected chi connectivity index (χ2v) is 5.14. The van der Waals surface area contributed by atoms with Crippen LogP contribution in [-0.2, 0) is 0 Å². The van der Waals surface area contributed by atoms with Crippen LogP contribution in [0.5, 0.6) is 0 Å². The highest BCUT2D eigenvalue weighted by molar-refractivity contribution is 7.99. The highest BCUT2D eigenvalue weighted by Crippen LogP contribution is 2.23. The monoisotopic (exact) mass is 278 g/mol. The number of hydrogen-bond acceptors (Lipinski definition) is 4. The van der Waals surface area contributed by atoms with Gasteiger partial charge in [-0.15, -0.1) is 10.2 Å². The minimum atomic E-state index is 0.492. The van der Waals surface area contributed by atoms with Crippen molar-refractivity contribution in [1.82, 2.24) is 14.8 Å². The fraction of sp³-hybridized carbons (Fsp3) is 0.250. The molecule has 0 atom stereocenters. The van der Waals surface area contributed by atoms with Crippen molar-refractivity contribution < 1.29 is 0 Å². The molecular formula is C12H11ClN4S. The van der Waals surface area contributed by atoms with Gasteiger partial charge in [0.1, 0.15) is 6.33 Å². The first kappa shape index (κ1) is 12.9. The lowest BCUT2D eigenvalue weighted by Crippen LogP contribution is -1.96. The van der Waals surface area contributed by atoms with Crippen LogP contribution < -0.4 is 0 Å². The summed E-state index contributed by atoms with van der Waals surface area (Å²) in [6.45, 7) is 1.96. The third-order valence-electron chi connectivity index (χ3n) is 2.40. The lowest BCUT2D eigenvalue weighted by Gasteiger charge is -2.07. The number of aromatic nitrogens is 3. The van der Waals surface area contributed by atoms with Crippen LogP contribution in [0.25, 0.3) is 5.69 Å². The molecule has 0 aliphatic carbocycles. The van der Waals surface area contributed by atoms with Gasteiger partial charge in [-0.25, -0.2) is 0 Å². The number of rotatable bonds is 4. The normalized spacial score (nSPS) is 10.3. The van der Waals surface area contributed by atoms with Gasteiger partial charge in [0.05, 0.1) is 11.8 Å². The van der Waals surface area contributed by atoms with Gasteiger partial charge in [-0.3, -0.25) is 4.57 Å². The number of nitrogens with zero attached hydrogens (tertiary/aromatic N) is 4. The Morgan fingerprint density at radius 2 is 2.33 bits per heavy atom. The van der Waals surface area contributed by atoms with E-state index < -0.39 is 0 Å². The van der Waals surface area contributed by atoms with Crippen molar-refractivity contribution in [2.45, 2.75) is 18.5 Å². The highest BCUT2D eigenvalue weighted by atomic mass is 35.5. The second kappa shape index (κ2) is 5.89. The van der Waals surface area contributed by atoms with E-state index in [2.05, 4.69) is 16.3 Å². The Bertz CT molecular complexity index is 588. The predicted octanol–water partition coefficient (Wildman–Crippen LogP) is 3.23. The Labute approximate surface area is 115 Å². The molecule has 1 heterocycles. The summed E-state index contributed by atoms with van der Waals surface area (Å²) in [7, 11) is 0. The summed E-state index contributed by atoms with van der Waals surface area (Å²) in [6.07, 6.45) is 2.14. The summed E-state index contributed by atoms with van der Waals surface area (Å²) >= 11 is 7.61. The molecule has 0 saturated carbocycles. The number of hydrogen-bond donors (Lipinski definition) is 0. The topological polar surface area (TPSA) is 54.5 Å². The van der Waals surface area contributed by atoms with Crippen LogP contribution >= 0.6 is 23.4 Å². The molecular weight excluding hydrogens is 268 g/mol. The summed E-state index contributed by atoms with van der Waals surface area (Å²) in [5.41, 5.74) is 1.96. The first-order chi connectivity index (χ1) is 8.72. The Morgan fingerprint density at radius 3 is 3.06 bits per heavy atom. The molecule has 2 aromatic rings. The van der Waals surface area contributed by atoms with E-state index in [4.69, 9.17) is 16.9 Å². The molecule has 0 aliphatic heterocycles. The van der Waals surface area contributed by atoms with Gasteiger partial charge < -0.3 is 0 Å². The summed E-state index contributed by atoms with van der Waals surface area (Å²) in [5.74, 6) is 0.703. The average molecular weight is 279 g/mol. The van der Waals surface area contributed by atoms with Crippen LogP contribution in [0, 0.1) is 18.3 Å². The molecule has 0 amide bonds. The fourth-order valence-electron chi connectivity index (χ4n) is 1.42. The van der Waals surface area contributed by atoms with E-state index in [1.54, 1.807) is 6.33 Å². The van der Waals surface area contributed by atoms with Gasteiger partial charge in [-0.1, -0.05) is 29.4 Å². The summed E-state index contributed by atoms with van der Waals surface area (Å²) < 4.78 is 1.87. The number of nitriles is 1. The molecule has 0 saturated heterocycles. The lowest BCUT2D eigenvalue weighted by molar-refractivity contribution is 0.883. The van der Waals surface area contributed by atoms with E-state index in [9.17, 15) is 0 Å². The van der Waals surface area contributed by atoms with Crippen molar-refractivity contribution in [3.05, 3.63) is 35.1 Å². The maximum absolute atomic E-state index is 8.52. The molecule has 1 aromatic heterocycles. The zero-order valence-corrected chi connectivity index (χ0v) is 11.4. The van der Waals surface area contributed by atoms with E-state index in [1.165, 1.54) is 11.8 Å². The van der Waals surface area contributed by atoms with Crippen molar-refractivity contribution in [3.63, 3.8) is 0 Å². The zero-order chi connectivity index (χ0) is 13.0. The van der Waals surface area contributed by atoms with Gasteiger partial charge in [0.25, 0.3) is 0 Å². The van der Waals surface area contributed by atoms with E-state index in [-0.39, 0.29) is 0 Å². The third kappa shape index (κ3) is 2.84. The van der Waals surface area contributed by atoms with Gasteiger partial charge in [-0.2, -0.15) is 5.26 Å². The minimum absolute atomic E-state index is 0.492. The molecule has 0 N–H and O–H groups in total. The van der Waals surface area contributed by atoms with E-state index >= 15 is 0 Å². The van der Waals surface area contributed by atoms with Gasteiger partial charge in [0, 0.05) is 17.2 Å². The standard InChI is InChI=1S/C12H11ClN4S/c1-9-3-4-10(7-11(9)13)17-8-15-16-12(17)18-6-2-5-14/h3-4,7-8H,2,6H2,1H3.